The summed E-state index contributed by atoms with van der Waals surface area (Å²) in [5.41, 5.74) is 15.3. The zero-order chi connectivity index (χ0) is 19.2. The van der Waals surface area contributed by atoms with Crippen LogP contribution >= 0.6 is 11.3 Å². The van der Waals surface area contributed by atoms with Crippen molar-refractivity contribution in [1.82, 2.24) is 9.97 Å². The van der Waals surface area contributed by atoms with Crippen LogP contribution < -0.4 is 16.2 Å². The molecule has 2 aliphatic rings. The predicted molar refractivity (Wildman–Crippen MR) is 107 cm³/mol. The Morgan fingerprint density at radius 3 is 2.67 bits per heavy atom. The second-order valence-corrected chi connectivity index (χ2v) is 8.71. The van der Waals surface area contributed by atoms with Gasteiger partial charge in [0.2, 0.25) is 0 Å². The van der Waals surface area contributed by atoms with Crippen molar-refractivity contribution in [3.63, 3.8) is 0 Å². The van der Waals surface area contributed by atoms with Gasteiger partial charge in [0.25, 0.3) is 0 Å². The number of aromatic nitrogens is 2. The van der Waals surface area contributed by atoms with Crippen LogP contribution in [0, 0.1) is 0 Å². The third-order valence-electron chi connectivity index (χ3n) is 5.46. The third-order valence-corrected chi connectivity index (χ3v) is 6.49. The normalized spacial score (nSPS) is 25.0. The Morgan fingerprint density at radius 2 is 1.96 bits per heavy atom. The molecule has 2 aromatic rings. The lowest BCUT2D eigenvalue weighted by Gasteiger charge is -2.32. The zero-order valence-electron chi connectivity index (χ0n) is 15.9. The van der Waals surface area contributed by atoms with E-state index >= 15 is 0 Å². The average molecular weight is 388 g/mol. The van der Waals surface area contributed by atoms with E-state index in [2.05, 4.69) is 35.0 Å². The minimum atomic E-state index is -0.473. The lowest BCUT2D eigenvalue weighted by molar-refractivity contribution is 0.152. The summed E-state index contributed by atoms with van der Waals surface area (Å²) in [5.74, 6) is 0.469. The standard InChI is InChI=1S/C19H25N5O2S/c1-19(2)14-15(22-9-23-18(14)21)16-12(17(19)24-25-3)8-13(27-16)26-11-6-4-10(20)5-7-11/h8-11H,4-7,20H2,1-3H3,(H2,21,22,23). The van der Waals surface area contributed by atoms with Crippen LogP contribution in [0.25, 0.3) is 10.6 Å². The van der Waals surface area contributed by atoms with Crippen molar-refractivity contribution >= 4 is 22.9 Å². The summed E-state index contributed by atoms with van der Waals surface area (Å²) in [7, 11) is 1.55. The summed E-state index contributed by atoms with van der Waals surface area (Å²) in [4.78, 5) is 14.9. The molecule has 0 spiro atoms. The second-order valence-electron chi connectivity index (χ2n) is 7.69. The molecule has 0 aromatic carbocycles. The van der Waals surface area contributed by atoms with E-state index < -0.39 is 5.41 Å². The monoisotopic (exact) mass is 387 g/mol. The van der Waals surface area contributed by atoms with E-state index in [1.165, 1.54) is 6.33 Å². The van der Waals surface area contributed by atoms with Gasteiger partial charge in [-0.15, -0.1) is 0 Å². The van der Waals surface area contributed by atoms with Gasteiger partial charge in [-0.3, -0.25) is 0 Å². The number of hydrogen-bond donors (Lipinski definition) is 2. The van der Waals surface area contributed by atoms with Crippen LogP contribution in [0.15, 0.2) is 17.5 Å². The molecule has 0 amide bonds. The average Bonchev–Trinajstić information content (AvgIpc) is 3.04. The highest BCUT2D eigenvalue weighted by Crippen LogP contribution is 2.49. The van der Waals surface area contributed by atoms with Crippen molar-refractivity contribution in [2.45, 2.75) is 57.1 Å². The molecule has 0 atom stereocenters. The number of nitrogen functional groups attached to an aromatic ring is 1. The lowest BCUT2D eigenvalue weighted by atomic mass is 9.72. The molecule has 144 valence electrons. The lowest BCUT2D eigenvalue weighted by Crippen LogP contribution is -2.35. The molecule has 2 aliphatic carbocycles. The van der Waals surface area contributed by atoms with Crippen LogP contribution in [0.1, 0.15) is 50.7 Å². The molecular formula is C19H25N5O2S. The second kappa shape index (κ2) is 6.76. The molecule has 2 aromatic heterocycles. The highest BCUT2D eigenvalue weighted by atomic mass is 32.1. The van der Waals surface area contributed by atoms with Gasteiger partial charge in [-0.1, -0.05) is 16.5 Å². The van der Waals surface area contributed by atoms with Crippen LogP contribution in [0.5, 0.6) is 5.06 Å². The van der Waals surface area contributed by atoms with Crippen LogP contribution in [0.3, 0.4) is 0 Å². The fourth-order valence-corrected chi connectivity index (χ4v) is 5.13. The van der Waals surface area contributed by atoms with Gasteiger partial charge < -0.3 is 21.0 Å². The summed E-state index contributed by atoms with van der Waals surface area (Å²) in [6.07, 6.45) is 5.70. The molecule has 0 aliphatic heterocycles. The van der Waals surface area contributed by atoms with Crippen molar-refractivity contribution in [3.8, 4) is 15.6 Å². The maximum atomic E-state index is 6.29. The van der Waals surface area contributed by atoms with Crippen molar-refractivity contribution < 1.29 is 9.57 Å². The minimum Gasteiger partial charge on any atom is -0.481 e. The smallest absolute Gasteiger partial charge is 0.175 e. The van der Waals surface area contributed by atoms with Gasteiger partial charge in [-0.05, 0) is 39.5 Å². The largest absolute Gasteiger partial charge is 0.481 e. The highest BCUT2D eigenvalue weighted by molar-refractivity contribution is 7.17. The predicted octanol–water partition coefficient (Wildman–Crippen LogP) is 3.08. The molecule has 1 saturated carbocycles. The number of thiophene rings is 1. The molecule has 7 nitrogen and oxygen atoms in total. The Kier molecular flexibility index (Phi) is 4.55. The molecule has 2 heterocycles. The topological polar surface area (TPSA) is 109 Å². The number of nitrogens with two attached hydrogens (primary N) is 2. The molecule has 0 saturated heterocycles. The molecule has 27 heavy (non-hydrogen) atoms. The van der Waals surface area contributed by atoms with Gasteiger partial charge in [-0.2, -0.15) is 0 Å². The van der Waals surface area contributed by atoms with Gasteiger partial charge in [0.1, 0.15) is 19.3 Å². The van der Waals surface area contributed by atoms with Gasteiger partial charge >= 0.3 is 0 Å². The first-order chi connectivity index (χ1) is 12.9. The SMILES string of the molecule is CON=C1c2cc(OC3CCC(N)CC3)sc2-c2ncnc(N)c2C1(C)C. The Labute approximate surface area is 162 Å². The van der Waals surface area contributed by atoms with E-state index in [4.69, 9.17) is 21.0 Å². The van der Waals surface area contributed by atoms with E-state index in [9.17, 15) is 0 Å². The molecule has 4 N–H and O–H groups in total. The first-order valence-electron chi connectivity index (χ1n) is 9.21. The Bertz CT molecular complexity index is 884. The molecule has 0 radical (unpaired) electrons. The van der Waals surface area contributed by atoms with Crippen LogP contribution in [-0.2, 0) is 10.3 Å². The van der Waals surface area contributed by atoms with E-state index in [-0.39, 0.29) is 6.10 Å². The molecule has 0 bridgehead atoms. The van der Waals surface area contributed by atoms with Crippen LogP contribution in [0.2, 0.25) is 0 Å². The summed E-state index contributed by atoms with van der Waals surface area (Å²) < 4.78 is 6.29. The number of rotatable bonds is 3. The third kappa shape index (κ3) is 3.06. The maximum Gasteiger partial charge on any atom is 0.175 e. The Balaban J connectivity index is 1.77. The Morgan fingerprint density at radius 1 is 1.22 bits per heavy atom. The fourth-order valence-electron chi connectivity index (χ4n) is 4.05. The van der Waals surface area contributed by atoms with E-state index in [1.807, 2.05) is 0 Å². The first-order valence-corrected chi connectivity index (χ1v) is 10.0. The van der Waals surface area contributed by atoms with E-state index in [0.29, 0.717) is 11.9 Å². The zero-order valence-corrected chi connectivity index (χ0v) is 16.7. The fraction of sp³-hybridized carbons (Fsp3) is 0.526. The quantitative estimate of drug-likeness (QED) is 0.784. The van der Waals surface area contributed by atoms with Crippen molar-refractivity contribution in [3.05, 3.63) is 23.5 Å². The molecule has 8 heteroatoms. The summed E-state index contributed by atoms with van der Waals surface area (Å²) in [5, 5.41) is 5.19. The number of nitrogens with zero attached hydrogens (tertiary/aromatic N) is 3. The summed E-state index contributed by atoms with van der Waals surface area (Å²) >= 11 is 1.58. The van der Waals surface area contributed by atoms with Gasteiger partial charge in [-0.25, -0.2) is 9.97 Å². The summed E-state index contributed by atoms with van der Waals surface area (Å²) in [6, 6.07) is 2.35. The number of hydrogen-bond acceptors (Lipinski definition) is 8. The molecule has 4 rings (SSSR count). The first kappa shape index (κ1) is 18.2. The Hall–Kier alpha value is -2.19. The van der Waals surface area contributed by atoms with Crippen LogP contribution in [-0.4, -0.2) is 34.9 Å². The molecule has 0 unspecified atom stereocenters. The minimum absolute atomic E-state index is 0.204. The molecular weight excluding hydrogens is 362 g/mol. The molecule has 1 fully saturated rings. The maximum absolute atomic E-state index is 6.29. The van der Waals surface area contributed by atoms with Crippen molar-refractivity contribution in [1.29, 1.82) is 0 Å². The number of oxime groups is 1. The van der Waals surface area contributed by atoms with Gasteiger partial charge in [0.05, 0.1) is 22.4 Å². The van der Waals surface area contributed by atoms with Gasteiger partial charge in [0, 0.05) is 28.7 Å². The van der Waals surface area contributed by atoms with Crippen molar-refractivity contribution in [2.75, 3.05) is 12.8 Å². The number of anilines is 1. The van der Waals surface area contributed by atoms with E-state index in [1.54, 1.807) is 18.4 Å². The highest BCUT2D eigenvalue weighted by Gasteiger charge is 2.42. The van der Waals surface area contributed by atoms with Gasteiger partial charge in [0.15, 0.2) is 5.06 Å². The van der Waals surface area contributed by atoms with E-state index in [0.717, 1.165) is 58.2 Å². The summed E-state index contributed by atoms with van der Waals surface area (Å²) in [6.45, 7) is 4.13. The van der Waals surface area contributed by atoms with Crippen LogP contribution in [0.4, 0.5) is 5.82 Å². The van der Waals surface area contributed by atoms with Crippen molar-refractivity contribution in [2.24, 2.45) is 10.9 Å². The number of fused-ring (bicyclic) bond motifs is 3. The number of ether oxygens (including phenoxy) is 1.